The van der Waals surface area contributed by atoms with Crippen LogP contribution in [0.25, 0.3) is 0 Å². The van der Waals surface area contributed by atoms with Crippen LogP contribution in [0.15, 0.2) is 12.1 Å². The molecule has 0 aliphatic heterocycles. The third kappa shape index (κ3) is 3.09. The lowest BCUT2D eigenvalue weighted by Gasteiger charge is -2.08. The summed E-state index contributed by atoms with van der Waals surface area (Å²) in [6.45, 7) is 4.94. The summed E-state index contributed by atoms with van der Waals surface area (Å²) in [5.41, 5.74) is 0.0689. The Hall–Kier alpha value is -1.85. The zero-order valence-corrected chi connectivity index (χ0v) is 10.6. The normalized spacial score (nSPS) is 21.4. The Bertz CT molecular complexity index is 450. The molecule has 6 nitrogen and oxygen atoms in total. The highest BCUT2D eigenvalue weighted by molar-refractivity contribution is 5.55. The summed E-state index contributed by atoms with van der Waals surface area (Å²) in [5.74, 6) is 1.76. The van der Waals surface area contributed by atoms with E-state index in [-0.39, 0.29) is 10.6 Å². The first-order valence-electron chi connectivity index (χ1n) is 6.27. The largest absolute Gasteiger partial charge is 0.370 e. The van der Waals surface area contributed by atoms with E-state index >= 15 is 0 Å². The van der Waals surface area contributed by atoms with Crippen molar-refractivity contribution in [2.75, 3.05) is 17.2 Å². The number of anilines is 2. The van der Waals surface area contributed by atoms with Gasteiger partial charge < -0.3 is 10.6 Å². The van der Waals surface area contributed by atoms with Gasteiger partial charge in [-0.05, 0) is 18.8 Å². The Kier molecular flexibility index (Phi) is 3.64. The van der Waals surface area contributed by atoms with Crippen LogP contribution in [0.1, 0.15) is 26.7 Å². The van der Waals surface area contributed by atoms with Crippen LogP contribution in [0, 0.1) is 16.0 Å². The predicted molar refractivity (Wildman–Crippen MR) is 70.9 cm³/mol. The van der Waals surface area contributed by atoms with Crippen molar-refractivity contribution in [3.8, 4) is 0 Å². The smallest absolute Gasteiger partial charge is 0.276 e. The van der Waals surface area contributed by atoms with E-state index in [1.165, 1.54) is 12.1 Å². The van der Waals surface area contributed by atoms with Gasteiger partial charge in [0.25, 0.3) is 5.69 Å². The topological polar surface area (TPSA) is 80.1 Å². The highest BCUT2D eigenvalue weighted by atomic mass is 16.6. The maximum atomic E-state index is 10.9. The van der Waals surface area contributed by atoms with Crippen LogP contribution < -0.4 is 10.6 Å². The molecule has 0 saturated heterocycles. The number of rotatable bonds is 6. The average Bonchev–Trinajstić information content (AvgIpc) is 3.02. The Morgan fingerprint density at radius 3 is 2.72 bits per heavy atom. The molecule has 0 bridgehead atoms. The summed E-state index contributed by atoms with van der Waals surface area (Å²) in [6.07, 6.45) is 2.05. The number of nitrogens with one attached hydrogen (secondary N) is 2. The minimum absolute atomic E-state index is 0.0689. The SMILES string of the molecule is CCCNc1cc([N+](=O)[O-])cc(NC2CC2C)n1. The minimum atomic E-state index is -0.389. The van der Waals surface area contributed by atoms with Gasteiger partial charge in [-0.1, -0.05) is 13.8 Å². The van der Waals surface area contributed by atoms with E-state index in [1.54, 1.807) is 0 Å². The van der Waals surface area contributed by atoms with Gasteiger partial charge in [0, 0.05) is 12.6 Å². The fourth-order valence-electron chi connectivity index (χ4n) is 1.75. The number of aromatic nitrogens is 1. The third-order valence-corrected chi connectivity index (χ3v) is 3.02. The molecule has 98 valence electrons. The molecule has 1 aliphatic rings. The van der Waals surface area contributed by atoms with Crippen LogP contribution in [0.4, 0.5) is 17.3 Å². The average molecular weight is 250 g/mol. The Morgan fingerprint density at radius 2 is 2.17 bits per heavy atom. The second kappa shape index (κ2) is 5.20. The quantitative estimate of drug-likeness (QED) is 0.599. The van der Waals surface area contributed by atoms with Crippen LogP contribution in [0.2, 0.25) is 0 Å². The second-order valence-electron chi connectivity index (χ2n) is 4.74. The molecule has 2 N–H and O–H groups in total. The van der Waals surface area contributed by atoms with Gasteiger partial charge >= 0.3 is 0 Å². The molecule has 1 aromatic heterocycles. The third-order valence-electron chi connectivity index (χ3n) is 3.02. The van der Waals surface area contributed by atoms with E-state index < -0.39 is 0 Å². The maximum Gasteiger partial charge on any atom is 0.276 e. The first-order valence-corrected chi connectivity index (χ1v) is 6.27. The van der Waals surface area contributed by atoms with E-state index in [0.29, 0.717) is 23.6 Å². The fourth-order valence-corrected chi connectivity index (χ4v) is 1.75. The molecule has 6 heteroatoms. The van der Waals surface area contributed by atoms with Crippen molar-refractivity contribution < 1.29 is 4.92 Å². The van der Waals surface area contributed by atoms with Gasteiger partial charge in [-0.15, -0.1) is 0 Å². The Labute approximate surface area is 106 Å². The molecule has 18 heavy (non-hydrogen) atoms. The van der Waals surface area contributed by atoms with E-state index in [9.17, 15) is 10.1 Å². The fraction of sp³-hybridized carbons (Fsp3) is 0.583. The van der Waals surface area contributed by atoms with Gasteiger partial charge in [-0.25, -0.2) is 4.98 Å². The summed E-state index contributed by atoms with van der Waals surface area (Å²) in [5, 5.41) is 17.2. The van der Waals surface area contributed by atoms with Crippen LogP contribution in [0.5, 0.6) is 0 Å². The minimum Gasteiger partial charge on any atom is -0.370 e. The molecule has 1 aromatic rings. The standard InChI is InChI=1S/C12H18N4O2/c1-3-4-13-11-6-9(16(17)18)7-12(15-11)14-10-5-8(10)2/h6-8,10H,3-5H2,1-2H3,(H2,13,14,15). The Morgan fingerprint density at radius 1 is 1.50 bits per heavy atom. The molecule has 2 atom stereocenters. The molecule has 0 aromatic carbocycles. The van der Waals surface area contributed by atoms with Crippen LogP contribution >= 0.6 is 0 Å². The number of hydrogen-bond acceptors (Lipinski definition) is 5. The van der Waals surface area contributed by atoms with Crippen LogP contribution in [-0.2, 0) is 0 Å². The van der Waals surface area contributed by atoms with Gasteiger partial charge in [-0.2, -0.15) is 0 Å². The predicted octanol–water partition coefficient (Wildman–Crippen LogP) is 2.63. The molecular formula is C12H18N4O2. The summed E-state index contributed by atoms with van der Waals surface area (Å²) in [7, 11) is 0. The van der Waals surface area contributed by atoms with Crippen molar-refractivity contribution in [2.45, 2.75) is 32.7 Å². The van der Waals surface area contributed by atoms with E-state index in [4.69, 9.17) is 0 Å². The molecule has 1 fully saturated rings. The monoisotopic (exact) mass is 250 g/mol. The lowest BCUT2D eigenvalue weighted by molar-refractivity contribution is -0.384. The van der Waals surface area contributed by atoms with E-state index in [1.807, 2.05) is 6.92 Å². The van der Waals surface area contributed by atoms with E-state index in [0.717, 1.165) is 19.4 Å². The number of hydrogen-bond donors (Lipinski definition) is 2. The Balaban J connectivity index is 2.16. The van der Waals surface area contributed by atoms with Crippen molar-refractivity contribution in [3.05, 3.63) is 22.2 Å². The molecule has 0 spiro atoms. The maximum absolute atomic E-state index is 10.9. The van der Waals surface area contributed by atoms with E-state index in [2.05, 4.69) is 22.5 Å². The summed E-state index contributed by atoms with van der Waals surface area (Å²) < 4.78 is 0. The molecular weight excluding hydrogens is 232 g/mol. The second-order valence-corrected chi connectivity index (χ2v) is 4.74. The summed E-state index contributed by atoms with van der Waals surface area (Å²) >= 11 is 0. The molecule has 0 radical (unpaired) electrons. The summed E-state index contributed by atoms with van der Waals surface area (Å²) in [6, 6.07) is 3.36. The first kappa shape index (κ1) is 12.6. The van der Waals surface area contributed by atoms with Crippen molar-refractivity contribution in [2.24, 2.45) is 5.92 Å². The lowest BCUT2D eigenvalue weighted by atomic mass is 10.3. The molecule has 1 heterocycles. The van der Waals surface area contributed by atoms with Gasteiger partial charge in [0.15, 0.2) is 0 Å². The van der Waals surface area contributed by atoms with Crippen molar-refractivity contribution in [1.29, 1.82) is 0 Å². The summed E-state index contributed by atoms with van der Waals surface area (Å²) in [4.78, 5) is 14.8. The molecule has 2 unspecified atom stereocenters. The highest BCUT2D eigenvalue weighted by Gasteiger charge is 2.33. The van der Waals surface area contributed by atoms with Gasteiger partial charge in [0.05, 0.1) is 17.1 Å². The molecule has 1 saturated carbocycles. The zero-order valence-electron chi connectivity index (χ0n) is 10.6. The van der Waals surface area contributed by atoms with Gasteiger partial charge in [0.1, 0.15) is 11.6 Å². The number of pyridine rings is 1. The van der Waals surface area contributed by atoms with Crippen molar-refractivity contribution >= 4 is 17.3 Å². The molecule has 2 rings (SSSR count). The van der Waals surface area contributed by atoms with Crippen LogP contribution in [0.3, 0.4) is 0 Å². The highest BCUT2D eigenvalue weighted by Crippen LogP contribution is 2.33. The zero-order chi connectivity index (χ0) is 13.1. The van der Waals surface area contributed by atoms with Gasteiger partial charge in [0.2, 0.25) is 0 Å². The molecule has 0 amide bonds. The lowest BCUT2D eigenvalue weighted by Crippen LogP contribution is -2.09. The van der Waals surface area contributed by atoms with Crippen molar-refractivity contribution in [3.63, 3.8) is 0 Å². The van der Waals surface area contributed by atoms with Crippen LogP contribution in [-0.4, -0.2) is 22.5 Å². The van der Waals surface area contributed by atoms with Crippen molar-refractivity contribution in [1.82, 2.24) is 4.98 Å². The molecule has 1 aliphatic carbocycles. The van der Waals surface area contributed by atoms with Gasteiger partial charge in [-0.3, -0.25) is 10.1 Å². The number of nitrogens with zero attached hydrogens (tertiary/aromatic N) is 2. The number of nitro groups is 1. The first-order chi connectivity index (χ1) is 8.60.